The van der Waals surface area contributed by atoms with Crippen molar-refractivity contribution in [3.8, 4) is 16.3 Å². The Bertz CT molecular complexity index is 1140. The van der Waals surface area contributed by atoms with Crippen LogP contribution in [-0.4, -0.2) is 28.2 Å². The lowest BCUT2D eigenvalue weighted by Gasteiger charge is -2.11. The van der Waals surface area contributed by atoms with Gasteiger partial charge in [0.25, 0.3) is 0 Å². The number of rotatable bonds is 6. The maximum absolute atomic E-state index is 14.4. The van der Waals surface area contributed by atoms with Crippen molar-refractivity contribution in [2.75, 3.05) is 19.0 Å². The van der Waals surface area contributed by atoms with Crippen molar-refractivity contribution < 1.29 is 9.13 Å². The summed E-state index contributed by atoms with van der Waals surface area (Å²) in [6, 6.07) is 8.79. The van der Waals surface area contributed by atoms with Gasteiger partial charge in [0.15, 0.2) is 0 Å². The van der Waals surface area contributed by atoms with Crippen LogP contribution >= 0.6 is 22.9 Å². The van der Waals surface area contributed by atoms with Gasteiger partial charge in [0.1, 0.15) is 23.7 Å². The van der Waals surface area contributed by atoms with Gasteiger partial charge in [0, 0.05) is 35.6 Å². The molecule has 0 fully saturated rings. The summed E-state index contributed by atoms with van der Waals surface area (Å²) < 4.78 is 21.7. The summed E-state index contributed by atoms with van der Waals surface area (Å²) in [7, 11) is 1.59. The Hall–Kier alpha value is -2.64. The molecule has 0 aliphatic carbocycles. The molecule has 0 aliphatic heterocycles. The van der Waals surface area contributed by atoms with Gasteiger partial charge in [0.05, 0.1) is 28.2 Å². The van der Waals surface area contributed by atoms with Gasteiger partial charge in [0.2, 0.25) is 0 Å². The van der Waals surface area contributed by atoms with Crippen LogP contribution in [0, 0.1) is 12.7 Å². The monoisotopic (exact) mass is 416 g/mol. The number of nitrogens with one attached hydrogen (secondary N) is 1. The second-order valence-corrected chi connectivity index (χ2v) is 7.64. The Morgan fingerprint density at radius 1 is 1.25 bits per heavy atom. The third-order valence-electron chi connectivity index (χ3n) is 4.53. The summed E-state index contributed by atoms with van der Waals surface area (Å²) in [5.41, 5.74) is 2.33. The van der Waals surface area contributed by atoms with Gasteiger partial charge in [-0.25, -0.2) is 14.4 Å². The molecular formula is C20H18ClFN4OS. The highest BCUT2D eigenvalue weighted by Gasteiger charge is 2.14. The van der Waals surface area contributed by atoms with E-state index in [2.05, 4.69) is 15.3 Å². The third kappa shape index (κ3) is 3.55. The van der Waals surface area contributed by atoms with Crippen molar-refractivity contribution >= 4 is 39.7 Å². The zero-order chi connectivity index (χ0) is 19.7. The summed E-state index contributed by atoms with van der Waals surface area (Å²) in [4.78, 5) is 9.55. The summed E-state index contributed by atoms with van der Waals surface area (Å²) in [6.45, 7) is 3.13. The number of aryl methyl sites for hydroxylation is 1. The van der Waals surface area contributed by atoms with Gasteiger partial charge in [-0.3, -0.25) is 0 Å². The number of nitrogens with zero attached hydrogens (tertiary/aromatic N) is 3. The van der Waals surface area contributed by atoms with E-state index in [0.717, 1.165) is 21.7 Å². The van der Waals surface area contributed by atoms with Crippen molar-refractivity contribution in [2.45, 2.75) is 13.5 Å². The van der Waals surface area contributed by atoms with Crippen LogP contribution in [0.3, 0.4) is 0 Å². The zero-order valence-corrected chi connectivity index (χ0v) is 16.9. The molecule has 144 valence electrons. The van der Waals surface area contributed by atoms with Crippen LogP contribution in [0.1, 0.15) is 5.69 Å². The van der Waals surface area contributed by atoms with Gasteiger partial charge >= 0.3 is 0 Å². The van der Waals surface area contributed by atoms with Crippen LogP contribution in [0.2, 0.25) is 5.02 Å². The fourth-order valence-electron chi connectivity index (χ4n) is 3.24. The second kappa shape index (κ2) is 7.77. The summed E-state index contributed by atoms with van der Waals surface area (Å²) >= 11 is 7.53. The van der Waals surface area contributed by atoms with E-state index < -0.39 is 0 Å². The van der Waals surface area contributed by atoms with E-state index in [-0.39, 0.29) is 5.82 Å². The van der Waals surface area contributed by atoms with E-state index in [1.165, 1.54) is 23.7 Å². The molecular weight excluding hydrogens is 399 g/mol. The molecule has 3 aromatic heterocycles. The fraction of sp³-hybridized carbons (Fsp3) is 0.200. The predicted octanol–water partition coefficient (Wildman–Crippen LogP) is 5.38. The van der Waals surface area contributed by atoms with Crippen molar-refractivity contribution in [3.05, 3.63) is 58.6 Å². The van der Waals surface area contributed by atoms with Crippen LogP contribution in [0.4, 0.5) is 10.2 Å². The lowest BCUT2D eigenvalue weighted by Crippen LogP contribution is -2.12. The standard InChI is InChI=1S/C20H18ClFN4OS/c1-12-7-14-17(27-2)4-3-15(22)20(14)26(12)6-5-23-19-9-16(24-11-25-19)18-8-13(21)10-28-18/h3-4,7-11H,5-6H2,1-2H3,(H,23,24,25). The third-order valence-corrected chi connectivity index (χ3v) is 5.83. The number of fused-ring (bicyclic) bond motifs is 1. The number of hydrogen-bond acceptors (Lipinski definition) is 5. The van der Waals surface area contributed by atoms with Crippen molar-refractivity contribution in [1.82, 2.24) is 14.5 Å². The number of aromatic nitrogens is 3. The minimum Gasteiger partial charge on any atom is -0.496 e. The van der Waals surface area contributed by atoms with Crippen LogP contribution in [0.25, 0.3) is 21.5 Å². The minimum atomic E-state index is -0.261. The Labute approximate surface area is 170 Å². The molecule has 3 heterocycles. The largest absolute Gasteiger partial charge is 0.496 e. The first kappa shape index (κ1) is 18.7. The molecule has 0 atom stereocenters. The zero-order valence-electron chi connectivity index (χ0n) is 15.4. The molecule has 8 heteroatoms. The summed E-state index contributed by atoms with van der Waals surface area (Å²) in [5, 5.41) is 6.63. The predicted molar refractivity (Wildman–Crippen MR) is 112 cm³/mol. The average molecular weight is 417 g/mol. The lowest BCUT2D eigenvalue weighted by molar-refractivity contribution is 0.419. The number of hydrogen-bond donors (Lipinski definition) is 1. The Kier molecular flexibility index (Phi) is 5.19. The molecule has 0 aliphatic rings. The van der Waals surface area contributed by atoms with Gasteiger partial charge < -0.3 is 14.6 Å². The van der Waals surface area contributed by atoms with E-state index in [9.17, 15) is 4.39 Å². The highest BCUT2D eigenvalue weighted by molar-refractivity contribution is 7.14. The van der Waals surface area contributed by atoms with E-state index in [1.54, 1.807) is 13.2 Å². The Morgan fingerprint density at radius 3 is 2.86 bits per heavy atom. The van der Waals surface area contributed by atoms with E-state index in [0.29, 0.717) is 35.2 Å². The minimum absolute atomic E-state index is 0.261. The second-order valence-electron chi connectivity index (χ2n) is 6.29. The molecule has 0 amide bonds. The van der Waals surface area contributed by atoms with Gasteiger partial charge in [-0.15, -0.1) is 11.3 Å². The van der Waals surface area contributed by atoms with Crippen LogP contribution in [-0.2, 0) is 6.54 Å². The number of halogens is 2. The molecule has 5 nitrogen and oxygen atoms in total. The van der Waals surface area contributed by atoms with E-state index >= 15 is 0 Å². The lowest BCUT2D eigenvalue weighted by atomic mass is 10.2. The van der Waals surface area contributed by atoms with Gasteiger partial charge in [-0.1, -0.05) is 11.6 Å². The molecule has 1 aromatic carbocycles. The highest BCUT2D eigenvalue weighted by atomic mass is 35.5. The molecule has 0 saturated carbocycles. The van der Waals surface area contributed by atoms with Gasteiger partial charge in [-0.05, 0) is 31.2 Å². The number of thiophene rings is 1. The SMILES string of the molecule is COc1ccc(F)c2c1cc(C)n2CCNc1cc(-c2cc(Cl)cs2)ncn1. The molecule has 1 N–H and O–H groups in total. The maximum atomic E-state index is 14.4. The first-order valence-electron chi connectivity index (χ1n) is 8.69. The van der Waals surface area contributed by atoms with Crippen molar-refractivity contribution in [2.24, 2.45) is 0 Å². The Balaban J connectivity index is 1.53. The smallest absolute Gasteiger partial charge is 0.147 e. The molecule has 0 spiro atoms. The number of anilines is 1. The van der Waals surface area contributed by atoms with E-state index in [4.69, 9.17) is 16.3 Å². The first-order valence-corrected chi connectivity index (χ1v) is 9.95. The number of ether oxygens (including phenoxy) is 1. The van der Waals surface area contributed by atoms with Crippen LogP contribution in [0.15, 0.2) is 42.0 Å². The summed E-state index contributed by atoms with van der Waals surface area (Å²) in [6.07, 6.45) is 1.52. The van der Waals surface area contributed by atoms with E-state index in [1.807, 2.05) is 35.1 Å². The molecule has 4 aromatic rings. The maximum Gasteiger partial charge on any atom is 0.147 e. The Morgan fingerprint density at radius 2 is 2.11 bits per heavy atom. The first-order chi connectivity index (χ1) is 13.6. The molecule has 0 radical (unpaired) electrons. The number of methoxy groups -OCH3 is 1. The molecule has 0 unspecified atom stereocenters. The highest BCUT2D eigenvalue weighted by Crippen LogP contribution is 2.31. The average Bonchev–Trinajstić information content (AvgIpc) is 3.27. The van der Waals surface area contributed by atoms with Crippen LogP contribution in [0.5, 0.6) is 5.75 Å². The van der Waals surface area contributed by atoms with Crippen molar-refractivity contribution in [1.29, 1.82) is 0 Å². The molecule has 0 saturated heterocycles. The normalized spacial score (nSPS) is 11.1. The van der Waals surface area contributed by atoms with Crippen LogP contribution < -0.4 is 10.1 Å². The molecule has 28 heavy (non-hydrogen) atoms. The topological polar surface area (TPSA) is 52.0 Å². The van der Waals surface area contributed by atoms with Crippen molar-refractivity contribution in [3.63, 3.8) is 0 Å². The molecule has 4 rings (SSSR count). The number of benzene rings is 1. The summed E-state index contributed by atoms with van der Waals surface area (Å²) in [5.74, 6) is 1.12. The fourth-order valence-corrected chi connectivity index (χ4v) is 4.28. The molecule has 0 bridgehead atoms. The van der Waals surface area contributed by atoms with Gasteiger partial charge in [-0.2, -0.15) is 0 Å². The quantitative estimate of drug-likeness (QED) is 0.458.